The Hall–Kier alpha value is -0.830. The number of fused-ring (bicyclic) bond motifs is 1. The monoisotopic (exact) mass is 179 g/mol. The smallest absolute Gasteiger partial charge is 0.0951 e. The number of rotatable bonds is 2. The van der Waals surface area contributed by atoms with E-state index in [0.29, 0.717) is 5.92 Å². The minimum absolute atomic E-state index is 0.660. The molecule has 0 saturated carbocycles. The first-order chi connectivity index (χ1) is 6.35. The number of hydrogen-bond acceptors (Lipinski definition) is 2. The molecule has 0 spiro atoms. The minimum Gasteiger partial charge on any atom is -0.335 e. The van der Waals surface area contributed by atoms with Gasteiger partial charge in [0.2, 0.25) is 0 Å². The fourth-order valence-electron chi connectivity index (χ4n) is 2.10. The first-order valence-electron chi connectivity index (χ1n) is 5.08. The number of aryl methyl sites for hydroxylation is 1. The fourth-order valence-corrected chi connectivity index (χ4v) is 2.10. The van der Waals surface area contributed by atoms with Gasteiger partial charge < -0.3 is 10.3 Å². The van der Waals surface area contributed by atoms with E-state index in [9.17, 15) is 0 Å². The van der Waals surface area contributed by atoms with Gasteiger partial charge in [0.05, 0.1) is 12.0 Å². The average Bonchev–Trinajstić information content (AvgIpc) is 2.59. The van der Waals surface area contributed by atoms with Crippen molar-refractivity contribution in [2.75, 3.05) is 6.54 Å². The summed E-state index contributed by atoms with van der Waals surface area (Å²) in [6, 6.07) is 0. The summed E-state index contributed by atoms with van der Waals surface area (Å²) in [5.41, 5.74) is 8.38. The zero-order valence-electron chi connectivity index (χ0n) is 8.16. The summed E-state index contributed by atoms with van der Waals surface area (Å²) in [7, 11) is 0. The molecule has 0 fully saturated rings. The van der Waals surface area contributed by atoms with Gasteiger partial charge in [0, 0.05) is 12.2 Å². The van der Waals surface area contributed by atoms with E-state index in [1.807, 2.05) is 6.33 Å². The molecule has 13 heavy (non-hydrogen) atoms. The van der Waals surface area contributed by atoms with Gasteiger partial charge in [0.15, 0.2) is 0 Å². The molecular weight excluding hydrogens is 162 g/mol. The van der Waals surface area contributed by atoms with Crippen molar-refractivity contribution in [3.05, 3.63) is 17.7 Å². The molecule has 0 amide bonds. The fraction of sp³-hybridized carbons (Fsp3) is 0.700. The Kier molecular flexibility index (Phi) is 2.36. The predicted molar refractivity (Wildman–Crippen MR) is 52.5 cm³/mol. The van der Waals surface area contributed by atoms with E-state index >= 15 is 0 Å². The van der Waals surface area contributed by atoms with Crippen molar-refractivity contribution < 1.29 is 0 Å². The zero-order chi connectivity index (χ0) is 9.26. The van der Waals surface area contributed by atoms with Gasteiger partial charge in [-0.3, -0.25) is 0 Å². The van der Waals surface area contributed by atoms with E-state index in [2.05, 4.69) is 16.5 Å². The van der Waals surface area contributed by atoms with Crippen molar-refractivity contribution in [1.29, 1.82) is 0 Å². The van der Waals surface area contributed by atoms with Gasteiger partial charge in [-0.2, -0.15) is 0 Å². The van der Waals surface area contributed by atoms with Crippen LogP contribution in [0.5, 0.6) is 0 Å². The Labute approximate surface area is 79.0 Å². The topological polar surface area (TPSA) is 43.8 Å². The third-order valence-electron chi connectivity index (χ3n) is 2.98. The van der Waals surface area contributed by atoms with Crippen LogP contribution in [-0.2, 0) is 19.4 Å². The van der Waals surface area contributed by atoms with E-state index < -0.39 is 0 Å². The molecule has 0 radical (unpaired) electrons. The largest absolute Gasteiger partial charge is 0.335 e. The Morgan fingerprint density at radius 2 is 2.54 bits per heavy atom. The van der Waals surface area contributed by atoms with Crippen molar-refractivity contribution in [2.45, 2.75) is 32.7 Å². The molecule has 3 nitrogen and oxygen atoms in total. The molecule has 2 N–H and O–H groups in total. The van der Waals surface area contributed by atoms with Gasteiger partial charge in [-0.05, 0) is 38.6 Å². The first kappa shape index (κ1) is 8.75. The Bertz CT molecular complexity index is 290. The number of imidazole rings is 1. The van der Waals surface area contributed by atoms with Crippen molar-refractivity contribution in [2.24, 2.45) is 11.7 Å². The molecule has 1 unspecified atom stereocenters. The van der Waals surface area contributed by atoms with Crippen LogP contribution >= 0.6 is 0 Å². The molecule has 0 aromatic carbocycles. The normalized spacial score (nSPS) is 21.5. The molecule has 3 heteroatoms. The molecule has 0 bridgehead atoms. The van der Waals surface area contributed by atoms with Crippen LogP contribution in [0.25, 0.3) is 0 Å². The summed E-state index contributed by atoms with van der Waals surface area (Å²) < 4.78 is 2.25. The lowest BCUT2D eigenvalue weighted by atomic mass is 9.90. The zero-order valence-corrected chi connectivity index (χ0v) is 8.16. The van der Waals surface area contributed by atoms with Crippen LogP contribution in [0.4, 0.5) is 0 Å². The lowest BCUT2D eigenvalue weighted by molar-refractivity contribution is 0.453. The molecule has 2 rings (SSSR count). The van der Waals surface area contributed by atoms with E-state index in [4.69, 9.17) is 5.73 Å². The van der Waals surface area contributed by atoms with Crippen LogP contribution in [0.1, 0.15) is 24.7 Å². The molecular formula is C10H17N3. The lowest BCUT2D eigenvalue weighted by Crippen LogP contribution is -2.23. The van der Waals surface area contributed by atoms with E-state index in [1.54, 1.807) is 0 Å². The summed E-state index contributed by atoms with van der Waals surface area (Å²) in [5, 5.41) is 0. The second-order valence-electron chi connectivity index (χ2n) is 3.77. The molecule has 1 heterocycles. The van der Waals surface area contributed by atoms with Gasteiger partial charge in [0.25, 0.3) is 0 Å². The predicted octanol–water partition coefficient (Wildman–Crippen LogP) is 0.967. The maximum atomic E-state index is 5.67. The van der Waals surface area contributed by atoms with E-state index in [1.165, 1.54) is 17.8 Å². The highest BCUT2D eigenvalue weighted by Gasteiger charge is 2.20. The molecule has 1 aromatic rings. The Morgan fingerprint density at radius 3 is 3.23 bits per heavy atom. The average molecular weight is 179 g/mol. The minimum atomic E-state index is 0.660. The van der Waals surface area contributed by atoms with Gasteiger partial charge in [-0.1, -0.05) is 0 Å². The third-order valence-corrected chi connectivity index (χ3v) is 2.98. The van der Waals surface area contributed by atoms with Gasteiger partial charge >= 0.3 is 0 Å². The van der Waals surface area contributed by atoms with Crippen LogP contribution in [-0.4, -0.2) is 16.1 Å². The van der Waals surface area contributed by atoms with E-state index in [0.717, 1.165) is 25.9 Å². The molecule has 1 aliphatic carbocycles. The molecule has 1 aromatic heterocycles. The second-order valence-corrected chi connectivity index (χ2v) is 3.77. The molecule has 1 aliphatic rings. The van der Waals surface area contributed by atoms with Gasteiger partial charge in [0.1, 0.15) is 0 Å². The molecule has 1 atom stereocenters. The standard InChI is InChI=1S/C10H17N3/c1-2-13-7-12-9-5-8(6-11)3-4-10(9)13/h7-8H,2-6,11H2,1H3. The second kappa shape index (κ2) is 3.50. The Morgan fingerprint density at radius 1 is 1.69 bits per heavy atom. The van der Waals surface area contributed by atoms with Crippen molar-refractivity contribution in [1.82, 2.24) is 9.55 Å². The van der Waals surface area contributed by atoms with E-state index in [-0.39, 0.29) is 0 Å². The van der Waals surface area contributed by atoms with Crippen LogP contribution in [0.15, 0.2) is 6.33 Å². The van der Waals surface area contributed by atoms with Crippen LogP contribution in [0.2, 0.25) is 0 Å². The van der Waals surface area contributed by atoms with Crippen molar-refractivity contribution in [3.63, 3.8) is 0 Å². The maximum Gasteiger partial charge on any atom is 0.0951 e. The van der Waals surface area contributed by atoms with Crippen molar-refractivity contribution in [3.8, 4) is 0 Å². The number of nitrogens with two attached hydrogens (primary N) is 1. The third kappa shape index (κ3) is 1.48. The summed E-state index contributed by atoms with van der Waals surface area (Å²) >= 11 is 0. The summed E-state index contributed by atoms with van der Waals surface area (Å²) in [5.74, 6) is 0.660. The molecule has 72 valence electrons. The number of hydrogen-bond donors (Lipinski definition) is 1. The lowest BCUT2D eigenvalue weighted by Gasteiger charge is -2.20. The SMILES string of the molecule is CCn1cnc2c1CCC(CN)C2. The summed E-state index contributed by atoms with van der Waals surface area (Å²) in [4.78, 5) is 4.43. The first-order valence-corrected chi connectivity index (χ1v) is 5.08. The highest BCUT2D eigenvalue weighted by atomic mass is 15.1. The summed E-state index contributed by atoms with van der Waals surface area (Å²) in [6.45, 7) is 4.00. The molecule has 0 aliphatic heterocycles. The highest BCUT2D eigenvalue weighted by Crippen LogP contribution is 2.23. The van der Waals surface area contributed by atoms with Gasteiger partial charge in [-0.15, -0.1) is 0 Å². The van der Waals surface area contributed by atoms with Crippen molar-refractivity contribution >= 4 is 0 Å². The molecule has 0 saturated heterocycles. The highest BCUT2D eigenvalue weighted by molar-refractivity contribution is 5.17. The number of aromatic nitrogens is 2. The van der Waals surface area contributed by atoms with Crippen LogP contribution < -0.4 is 5.73 Å². The number of nitrogens with zero attached hydrogens (tertiary/aromatic N) is 2. The quantitative estimate of drug-likeness (QED) is 0.735. The summed E-state index contributed by atoms with van der Waals surface area (Å²) in [6.07, 6.45) is 5.43. The Balaban J connectivity index is 2.22. The maximum absolute atomic E-state index is 5.67. The van der Waals surface area contributed by atoms with Crippen LogP contribution in [0, 0.1) is 5.92 Å². The van der Waals surface area contributed by atoms with Gasteiger partial charge in [-0.25, -0.2) is 4.98 Å². The van der Waals surface area contributed by atoms with Crippen LogP contribution in [0.3, 0.4) is 0 Å².